The van der Waals surface area contributed by atoms with Crippen LogP contribution in [-0.2, 0) is 6.42 Å². The number of nitrogens with zero attached hydrogens (tertiary/aromatic N) is 3. The molecule has 0 aliphatic carbocycles. The maximum absolute atomic E-state index is 13.3. The summed E-state index contributed by atoms with van der Waals surface area (Å²) in [5.41, 5.74) is 6.46. The highest BCUT2D eigenvalue weighted by molar-refractivity contribution is 6.06. The van der Waals surface area contributed by atoms with Crippen molar-refractivity contribution in [2.45, 2.75) is 32.1 Å². The summed E-state index contributed by atoms with van der Waals surface area (Å²) in [4.78, 5) is 24.5. The summed E-state index contributed by atoms with van der Waals surface area (Å²) < 4.78 is 0. The van der Waals surface area contributed by atoms with Crippen LogP contribution in [-0.4, -0.2) is 33.9 Å². The Labute approximate surface area is 189 Å². The van der Waals surface area contributed by atoms with Gasteiger partial charge in [-0.05, 0) is 67.6 Å². The third-order valence-corrected chi connectivity index (χ3v) is 6.36. The molecule has 5 rings (SSSR count). The van der Waals surface area contributed by atoms with Crippen molar-refractivity contribution < 1.29 is 4.79 Å². The number of hydrogen-bond acceptors (Lipinski definition) is 3. The Morgan fingerprint density at radius 3 is 2.56 bits per heavy atom. The first kappa shape index (κ1) is 20.4. The minimum absolute atomic E-state index is 0.101. The van der Waals surface area contributed by atoms with Crippen molar-refractivity contribution in [1.82, 2.24) is 14.9 Å². The van der Waals surface area contributed by atoms with E-state index in [0.717, 1.165) is 60.2 Å². The van der Waals surface area contributed by atoms with Crippen LogP contribution in [0.2, 0.25) is 0 Å². The highest BCUT2D eigenvalue weighted by atomic mass is 16.2. The summed E-state index contributed by atoms with van der Waals surface area (Å²) >= 11 is 0. The molecule has 0 spiro atoms. The molecule has 1 aliphatic heterocycles. The highest BCUT2D eigenvalue weighted by Crippen LogP contribution is 2.29. The van der Waals surface area contributed by atoms with Gasteiger partial charge in [0, 0.05) is 47.5 Å². The molecule has 3 heterocycles. The Balaban J connectivity index is 1.30. The molecular weight excluding hydrogens is 394 g/mol. The van der Waals surface area contributed by atoms with Crippen molar-refractivity contribution in [3.63, 3.8) is 0 Å². The molecule has 4 aromatic rings. The fraction of sp³-hybridized carbons (Fsp3) is 0.250. The van der Waals surface area contributed by atoms with Crippen molar-refractivity contribution >= 4 is 16.8 Å². The number of fused-ring (bicyclic) bond motifs is 1. The molecule has 1 amide bonds. The first-order valence-corrected chi connectivity index (χ1v) is 11.3. The molecular formula is C28H27N3O. The number of hydrogen-bond donors (Lipinski definition) is 0. The van der Waals surface area contributed by atoms with E-state index in [9.17, 15) is 4.79 Å². The molecule has 0 radical (unpaired) electrons. The van der Waals surface area contributed by atoms with Crippen LogP contribution >= 0.6 is 0 Å². The second-order valence-electron chi connectivity index (χ2n) is 8.65. The van der Waals surface area contributed by atoms with Gasteiger partial charge in [0.1, 0.15) is 0 Å². The average molecular weight is 422 g/mol. The van der Waals surface area contributed by atoms with Gasteiger partial charge in [-0.3, -0.25) is 14.8 Å². The molecule has 0 bridgehead atoms. The monoisotopic (exact) mass is 421 g/mol. The van der Waals surface area contributed by atoms with Crippen molar-refractivity contribution in [1.29, 1.82) is 0 Å². The largest absolute Gasteiger partial charge is 0.339 e. The predicted octanol–water partition coefficient (Wildman–Crippen LogP) is 5.55. The van der Waals surface area contributed by atoms with Crippen LogP contribution in [0.4, 0.5) is 0 Å². The summed E-state index contributed by atoms with van der Waals surface area (Å²) in [6, 6.07) is 24.7. The lowest BCUT2D eigenvalue weighted by Gasteiger charge is -2.32. The molecule has 32 heavy (non-hydrogen) atoms. The Kier molecular flexibility index (Phi) is 5.68. The number of pyridine rings is 2. The molecule has 4 heteroatoms. The van der Waals surface area contributed by atoms with E-state index in [2.05, 4.69) is 54.4 Å². The number of carbonyl (C=O) groups excluding carboxylic acids is 1. The molecule has 2 aromatic heterocycles. The molecule has 0 N–H and O–H groups in total. The Morgan fingerprint density at radius 2 is 1.75 bits per heavy atom. The fourth-order valence-electron chi connectivity index (χ4n) is 4.75. The summed E-state index contributed by atoms with van der Waals surface area (Å²) in [7, 11) is 0. The lowest BCUT2D eigenvalue weighted by atomic mass is 9.91. The quantitative estimate of drug-likeness (QED) is 0.434. The number of aryl methyl sites for hydroxylation is 1. The number of aromatic nitrogens is 2. The zero-order valence-electron chi connectivity index (χ0n) is 18.4. The smallest absolute Gasteiger partial charge is 0.254 e. The van der Waals surface area contributed by atoms with E-state index in [4.69, 9.17) is 4.98 Å². The molecule has 160 valence electrons. The number of likely N-dealkylation sites (tertiary alicyclic amines) is 1. The standard InChI is InChI=1S/C28H27N3O/c1-20-17-22(18-21-7-3-2-4-8-21)19-27(30-20)23-12-15-31(16-13-23)28(32)25-9-5-11-26-24(25)10-6-14-29-26/h2-11,14,17,19,23H,12-13,15-16,18H2,1H3. The van der Waals surface area contributed by atoms with Crippen molar-refractivity contribution in [3.05, 3.63) is 107 Å². The Morgan fingerprint density at radius 1 is 0.938 bits per heavy atom. The van der Waals surface area contributed by atoms with Gasteiger partial charge in [0.25, 0.3) is 5.91 Å². The summed E-state index contributed by atoms with van der Waals surface area (Å²) in [5, 5.41) is 0.924. The SMILES string of the molecule is Cc1cc(Cc2ccccc2)cc(C2CCN(C(=O)c3cccc4ncccc34)CC2)n1. The van der Waals surface area contributed by atoms with E-state index in [0.29, 0.717) is 5.92 Å². The molecule has 0 saturated carbocycles. The lowest BCUT2D eigenvalue weighted by molar-refractivity contribution is 0.0714. The number of amides is 1. The minimum Gasteiger partial charge on any atom is -0.339 e. The van der Waals surface area contributed by atoms with E-state index < -0.39 is 0 Å². The molecule has 2 aromatic carbocycles. The van der Waals surface area contributed by atoms with Crippen LogP contribution in [0.25, 0.3) is 10.9 Å². The van der Waals surface area contributed by atoms with Crippen LogP contribution < -0.4 is 0 Å². The van der Waals surface area contributed by atoms with Crippen LogP contribution in [0, 0.1) is 6.92 Å². The van der Waals surface area contributed by atoms with Gasteiger partial charge in [-0.1, -0.05) is 42.5 Å². The topological polar surface area (TPSA) is 46.1 Å². The maximum atomic E-state index is 13.3. The van der Waals surface area contributed by atoms with Gasteiger partial charge >= 0.3 is 0 Å². The van der Waals surface area contributed by atoms with Gasteiger partial charge in [-0.2, -0.15) is 0 Å². The third-order valence-electron chi connectivity index (χ3n) is 6.36. The highest BCUT2D eigenvalue weighted by Gasteiger charge is 2.26. The van der Waals surface area contributed by atoms with E-state index in [1.165, 1.54) is 11.1 Å². The van der Waals surface area contributed by atoms with E-state index in [-0.39, 0.29) is 5.91 Å². The first-order chi connectivity index (χ1) is 15.7. The predicted molar refractivity (Wildman–Crippen MR) is 128 cm³/mol. The lowest BCUT2D eigenvalue weighted by Crippen LogP contribution is -2.38. The van der Waals surface area contributed by atoms with Crippen LogP contribution in [0.3, 0.4) is 0 Å². The molecule has 1 saturated heterocycles. The average Bonchev–Trinajstić information content (AvgIpc) is 2.83. The second-order valence-corrected chi connectivity index (χ2v) is 8.65. The minimum atomic E-state index is 0.101. The van der Waals surface area contributed by atoms with Gasteiger partial charge in [0.15, 0.2) is 0 Å². The van der Waals surface area contributed by atoms with Crippen LogP contribution in [0.15, 0.2) is 79.0 Å². The van der Waals surface area contributed by atoms with Crippen molar-refractivity contribution in [2.24, 2.45) is 0 Å². The zero-order chi connectivity index (χ0) is 21.9. The second kappa shape index (κ2) is 8.91. The zero-order valence-corrected chi connectivity index (χ0v) is 18.4. The first-order valence-electron chi connectivity index (χ1n) is 11.3. The van der Waals surface area contributed by atoms with Gasteiger partial charge in [0.2, 0.25) is 0 Å². The molecule has 1 fully saturated rings. The molecule has 1 aliphatic rings. The Hall–Kier alpha value is -3.53. The molecule has 0 unspecified atom stereocenters. The van der Waals surface area contributed by atoms with Gasteiger partial charge in [-0.25, -0.2) is 0 Å². The summed E-state index contributed by atoms with van der Waals surface area (Å²) in [6.45, 7) is 3.58. The number of piperidine rings is 1. The number of rotatable bonds is 4. The van der Waals surface area contributed by atoms with E-state index in [1.54, 1.807) is 6.20 Å². The third kappa shape index (κ3) is 4.26. The normalized spacial score (nSPS) is 14.6. The summed E-state index contributed by atoms with van der Waals surface area (Å²) in [5.74, 6) is 0.492. The van der Waals surface area contributed by atoms with Gasteiger partial charge in [0.05, 0.1) is 5.52 Å². The van der Waals surface area contributed by atoms with Gasteiger partial charge < -0.3 is 4.90 Å². The fourth-order valence-corrected chi connectivity index (χ4v) is 4.75. The number of carbonyl (C=O) groups is 1. The van der Waals surface area contributed by atoms with E-state index in [1.807, 2.05) is 35.2 Å². The van der Waals surface area contributed by atoms with Crippen LogP contribution in [0.5, 0.6) is 0 Å². The maximum Gasteiger partial charge on any atom is 0.254 e. The van der Waals surface area contributed by atoms with Gasteiger partial charge in [-0.15, -0.1) is 0 Å². The van der Waals surface area contributed by atoms with Crippen LogP contribution in [0.1, 0.15) is 51.6 Å². The summed E-state index contributed by atoms with van der Waals surface area (Å²) in [6.07, 6.45) is 4.57. The Bertz CT molecular complexity index is 1240. The van der Waals surface area contributed by atoms with Crippen molar-refractivity contribution in [2.75, 3.05) is 13.1 Å². The number of benzene rings is 2. The molecule has 4 nitrogen and oxygen atoms in total. The molecule has 0 atom stereocenters. The van der Waals surface area contributed by atoms with E-state index >= 15 is 0 Å². The van der Waals surface area contributed by atoms with Crippen molar-refractivity contribution in [3.8, 4) is 0 Å².